The van der Waals surface area contributed by atoms with Crippen LogP contribution in [0.25, 0.3) is 0 Å². The summed E-state index contributed by atoms with van der Waals surface area (Å²) in [5.74, 6) is 0.713. The number of aliphatic hydroxyl groups excluding tert-OH is 1. The predicted molar refractivity (Wildman–Crippen MR) is 59.0 cm³/mol. The van der Waals surface area contributed by atoms with Crippen LogP contribution in [0.5, 0.6) is 5.75 Å². The van der Waals surface area contributed by atoms with Gasteiger partial charge in [-0.3, -0.25) is 0 Å². The van der Waals surface area contributed by atoms with Crippen LogP contribution in [-0.2, 0) is 4.74 Å². The van der Waals surface area contributed by atoms with Crippen molar-refractivity contribution >= 4 is 5.69 Å². The highest BCUT2D eigenvalue weighted by atomic mass is 16.5. The third-order valence-electron chi connectivity index (χ3n) is 1.95. The summed E-state index contributed by atoms with van der Waals surface area (Å²) in [6, 6.07) is 5.64. The number of aliphatic hydroxyl groups is 1. The van der Waals surface area contributed by atoms with Gasteiger partial charge < -0.3 is 20.3 Å². The number of benzene rings is 1. The highest BCUT2D eigenvalue weighted by molar-refractivity contribution is 5.56. The first-order valence-electron chi connectivity index (χ1n) is 4.92. The van der Waals surface area contributed by atoms with Crippen molar-refractivity contribution in [3.63, 3.8) is 0 Å². The van der Waals surface area contributed by atoms with Gasteiger partial charge in [-0.2, -0.15) is 0 Å². The maximum atomic E-state index is 8.49. The lowest BCUT2D eigenvalue weighted by molar-refractivity contribution is 0.0705. The van der Waals surface area contributed by atoms with E-state index in [2.05, 4.69) is 0 Å². The molecule has 0 amide bonds. The monoisotopic (exact) mass is 211 g/mol. The Balaban J connectivity index is 2.37. The molecule has 0 bridgehead atoms. The maximum Gasteiger partial charge on any atom is 0.145 e. The molecule has 1 aromatic carbocycles. The average molecular weight is 211 g/mol. The second-order valence-electron chi connectivity index (χ2n) is 3.18. The minimum Gasteiger partial charge on any atom is -0.489 e. The third-order valence-corrected chi connectivity index (χ3v) is 1.95. The fraction of sp³-hybridized carbons (Fsp3) is 0.455. The SMILES string of the molecule is Cc1cccc(N)c1OCCOCCO. The molecule has 0 atom stereocenters. The molecule has 0 aliphatic heterocycles. The van der Waals surface area contributed by atoms with Crippen molar-refractivity contribution in [2.45, 2.75) is 6.92 Å². The Labute approximate surface area is 89.6 Å². The number of ether oxygens (including phenoxy) is 2. The number of aryl methyl sites for hydroxylation is 1. The van der Waals surface area contributed by atoms with Crippen LogP contribution in [0.4, 0.5) is 5.69 Å². The predicted octanol–water partition coefficient (Wildman–Crippen LogP) is 0.965. The highest BCUT2D eigenvalue weighted by Gasteiger charge is 2.02. The van der Waals surface area contributed by atoms with E-state index in [9.17, 15) is 0 Å². The van der Waals surface area contributed by atoms with Gasteiger partial charge in [-0.15, -0.1) is 0 Å². The molecule has 3 N–H and O–H groups in total. The van der Waals surface area contributed by atoms with Crippen LogP contribution in [0.1, 0.15) is 5.56 Å². The molecule has 4 nitrogen and oxygen atoms in total. The first-order chi connectivity index (χ1) is 7.25. The van der Waals surface area contributed by atoms with Gasteiger partial charge >= 0.3 is 0 Å². The van der Waals surface area contributed by atoms with E-state index in [1.807, 2.05) is 19.1 Å². The summed E-state index contributed by atoms with van der Waals surface area (Å²) in [5, 5.41) is 8.49. The van der Waals surface area contributed by atoms with E-state index < -0.39 is 0 Å². The minimum atomic E-state index is 0.0342. The maximum absolute atomic E-state index is 8.49. The Bertz CT molecular complexity index is 282. The third kappa shape index (κ3) is 3.77. The fourth-order valence-corrected chi connectivity index (χ4v) is 1.24. The zero-order valence-corrected chi connectivity index (χ0v) is 8.90. The number of rotatable bonds is 6. The van der Waals surface area contributed by atoms with Gasteiger partial charge in [0, 0.05) is 0 Å². The van der Waals surface area contributed by atoms with Crippen LogP contribution in [0, 0.1) is 6.92 Å². The van der Waals surface area contributed by atoms with Crippen molar-refractivity contribution in [1.82, 2.24) is 0 Å². The Morgan fingerprint density at radius 2 is 2.07 bits per heavy atom. The molecule has 0 spiro atoms. The second kappa shape index (κ2) is 6.27. The molecule has 0 aromatic heterocycles. The molecule has 84 valence electrons. The van der Waals surface area contributed by atoms with E-state index in [1.165, 1.54) is 0 Å². The molecule has 1 aromatic rings. The summed E-state index contributed by atoms with van der Waals surface area (Å²) >= 11 is 0. The Morgan fingerprint density at radius 3 is 2.73 bits per heavy atom. The lowest BCUT2D eigenvalue weighted by Crippen LogP contribution is -2.10. The van der Waals surface area contributed by atoms with Gasteiger partial charge in [-0.25, -0.2) is 0 Å². The van der Waals surface area contributed by atoms with Crippen molar-refractivity contribution < 1.29 is 14.6 Å². The van der Waals surface area contributed by atoms with Crippen LogP contribution in [0.15, 0.2) is 18.2 Å². The molecule has 0 heterocycles. The van der Waals surface area contributed by atoms with Crippen LogP contribution in [0.3, 0.4) is 0 Å². The van der Waals surface area contributed by atoms with Crippen molar-refractivity contribution in [2.75, 3.05) is 32.2 Å². The summed E-state index contributed by atoms with van der Waals surface area (Å²) in [6.07, 6.45) is 0. The lowest BCUT2D eigenvalue weighted by Gasteiger charge is -2.11. The lowest BCUT2D eigenvalue weighted by atomic mass is 10.2. The molecule has 0 saturated heterocycles. The van der Waals surface area contributed by atoms with Crippen LogP contribution < -0.4 is 10.5 Å². The first kappa shape index (κ1) is 11.8. The molecule has 15 heavy (non-hydrogen) atoms. The molecule has 0 aliphatic rings. The van der Waals surface area contributed by atoms with Gasteiger partial charge in [0.15, 0.2) is 0 Å². The molecule has 0 aliphatic carbocycles. The largest absolute Gasteiger partial charge is 0.489 e. The van der Waals surface area contributed by atoms with Gasteiger partial charge in [-0.05, 0) is 18.6 Å². The highest BCUT2D eigenvalue weighted by Crippen LogP contribution is 2.24. The number of hydrogen-bond acceptors (Lipinski definition) is 4. The van der Waals surface area contributed by atoms with Gasteiger partial charge in [0.1, 0.15) is 12.4 Å². The summed E-state index contributed by atoms with van der Waals surface area (Å²) in [6.45, 7) is 3.21. The van der Waals surface area contributed by atoms with Crippen molar-refractivity contribution in [1.29, 1.82) is 0 Å². The van der Waals surface area contributed by atoms with E-state index >= 15 is 0 Å². The van der Waals surface area contributed by atoms with E-state index in [4.69, 9.17) is 20.3 Å². The standard InChI is InChI=1S/C11H17NO3/c1-9-3-2-4-10(12)11(9)15-8-7-14-6-5-13/h2-4,13H,5-8,12H2,1H3. The summed E-state index contributed by atoms with van der Waals surface area (Å²) in [4.78, 5) is 0. The van der Waals surface area contributed by atoms with E-state index in [0.717, 1.165) is 5.56 Å². The molecule has 0 unspecified atom stereocenters. The summed E-state index contributed by atoms with van der Waals surface area (Å²) in [5.41, 5.74) is 7.40. The second-order valence-corrected chi connectivity index (χ2v) is 3.18. The number of nitrogens with two attached hydrogens (primary N) is 1. The molecule has 0 fully saturated rings. The zero-order valence-electron chi connectivity index (χ0n) is 8.90. The van der Waals surface area contributed by atoms with Gasteiger partial charge in [-0.1, -0.05) is 12.1 Å². The van der Waals surface area contributed by atoms with E-state index in [1.54, 1.807) is 6.07 Å². The molecule has 4 heteroatoms. The van der Waals surface area contributed by atoms with Gasteiger partial charge in [0.05, 0.1) is 25.5 Å². The van der Waals surface area contributed by atoms with Crippen molar-refractivity contribution in [2.24, 2.45) is 0 Å². The first-order valence-corrected chi connectivity index (χ1v) is 4.92. The number of nitrogen functional groups attached to an aromatic ring is 1. The Hall–Kier alpha value is -1.26. The van der Waals surface area contributed by atoms with Gasteiger partial charge in [0.2, 0.25) is 0 Å². The smallest absolute Gasteiger partial charge is 0.145 e. The Kier molecular flexibility index (Phi) is 4.93. The van der Waals surface area contributed by atoms with Crippen LogP contribution >= 0.6 is 0 Å². The number of para-hydroxylation sites is 1. The quantitative estimate of drug-likeness (QED) is 0.543. The number of hydrogen-bond donors (Lipinski definition) is 2. The van der Waals surface area contributed by atoms with E-state index in [0.29, 0.717) is 31.3 Å². The average Bonchev–Trinajstić information content (AvgIpc) is 2.21. The van der Waals surface area contributed by atoms with Crippen molar-refractivity contribution in [3.05, 3.63) is 23.8 Å². The topological polar surface area (TPSA) is 64.7 Å². The fourth-order valence-electron chi connectivity index (χ4n) is 1.24. The minimum absolute atomic E-state index is 0.0342. The summed E-state index contributed by atoms with van der Waals surface area (Å²) < 4.78 is 10.6. The molecule has 1 rings (SSSR count). The molecular formula is C11H17NO3. The van der Waals surface area contributed by atoms with Gasteiger partial charge in [0.25, 0.3) is 0 Å². The molecular weight excluding hydrogens is 194 g/mol. The van der Waals surface area contributed by atoms with Crippen molar-refractivity contribution in [3.8, 4) is 5.75 Å². The van der Waals surface area contributed by atoms with Crippen LogP contribution in [-0.4, -0.2) is 31.5 Å². The van der Waals surface area contributed by atoms with Crippen LogP contribution in [0.2, 0.25) is 0 Å². The van der Waals surface area contributed by atoms with E-state index in [-0.39, 0.29) is 6.61 Å². The Morgan fingerprint density at radius 1 is 1.27 bits per heavy atom. The molecule has 0 radical (unpaired) electrons. The normalized spacial score (nSPS) is 10.3. The number of anilines is 1. The summed E-state index contributed by atoms with van der Waals surface area (Å²) in [7, 11) is 0. The zero-order chi connectivity index (χ0) is 11.1. The molecule has 0 saturated carbocycles.